The van der Waals surface area contributed by atoms with Crippen molar-refractivity contribution in [1.29, 1.82) is 0 Å². The molecule has 2 N–H and O–H groups in total. The molecule has 12 heteroatoms. The van der Waals surface area contributed by atoms with Gasteiger partial charge in [0.25, 0.3) is 0 Å². The van der Waals surface area contributed by atoms with Crippen LogP contribution in [-0.4, -0.2) is 47.5 Å². The van der Waals surface area contributed by atoms with Crippen LogP contribution in [0.1, 0.15) is 37.9 Å². The van der Waals surface area contributed by atoms with E-state index in [1.54, 1.807) is 50.6 Å². The van der Waals surface area contributed by atoms with Crippen molar-refractivity contribution in [3.05, 3.63) is 95.5 Å². The number of hydrogen-bond acceptors (Lipinski definition) is 9. The van der Waals surface area contributed by atoms with Crippen molar-refractivity contribution in [3.8, 4) is 5.75 Å². The minimum Gasteiger partial charge on any atom is -0.489 e. The summed E-state index contributed by atoms with van der Waals surface area (Å²) in [5.41, 5.74) is 2.06. The van der Waals surface area contributed by atoms with Gasteiger partial charge in [-0.15, -0.1) is 0 Å². The molecular weight excluding hydrogens is 593 g/mol. The molecule has 0 aliphatic carbocycles. The molecule has 1 unspecified atom stereocenters. The predicted molar refractivity (Wildman–Crippen MR) is 166 cm³/mol. The molecule has 3 heterocycles. The molecule has 226 valence electrons. The number of fused-ring (bicyclic) bond motifs is 1. The average molecular weight is 626 g/mol. The highest BCUT2D eigenvalue weighted by molar-refractivity contribution is 7.92. The Balaban J connectivity index is 1.30. The maximum Gasteiger partial charge on any atom is 0.154 e. The summed E-state index contributed by atoms with van der Waals surface area (Å²) in [6.07, 6.45) is 8.00. The lowest BCUT2D eigenvalue weighted by Gasteiger charge is -2.28. The Labute approximate surface area is 255 Å². The molecule has 1 atom stereocenters. The molecule has 0 bridgehead atoms. The fraction of sp³-hybridized carbons (Fsp3) is 0.323. The van der Waals surface area contributed by atoms with E-state index >= 15 is 0 Å². The lowest BCUT2D eigenvalue weighted by Crippen LogP contribution is -2.33. The summed E-state index contributed by atoms with van der Waals surface area (Å²) >= 11 is 6.51. The number of pyridine rings is 1. The molecular formula is C31H33ClFN5O4S. The largest absolute Gasteiger partial charge is 0.489 e. The number of rotatable bonds is 13. The zero-order valence-corrected chi connectivity index (χ0v) is 25.5. The van der Waals surface area contributed by atoms with E-state index < -0.39 is 20.7 Å². The van der Waals surface area contributed by atoms with Crippen LogP contribution in [0, 0.1) is 5.82 Å². The monoisotopic (exact) mass is 625 g/mol. The second-order valence-electron chi connectivity index (χ2n) is 10.6. The number of hydrogen-bond donors (Lipinski definition) is 2. The first-order valence-electron chi connectivity index (χ1n) is 14.0. The lowest BCUT2D eigenvalue weighted by atomic mass is 9.91. The van der Waals surface area contributed by atoms with E-state index in [0.717, 1.165) is 11.1 Å². The summed E-state index contributed by atoms with van der Waals surface area (Å²) in [5.74, 6) is 0.798. The van der Waals surface area contributed by atoms with Gasteiger partial charge in [-0.05, 0) is 68.4 Å². The molecule has 4 aromatic rings. The number of anilines is 2. The standard InChI is InChI=1S/C31H33ClFN5O4S/c1-21(2)43(39,40)14-12-34-11-10-31(9-4-13-42-31)29-17-25-27(18-35-29)36-20-37-30(25)38-24-7-8-28(26(32)16-24)41-19-22-5-3-6-23(33)15-22/h3-8,13,15-18,20-21,34H,9-12,14,19H2,1-2H3,(H,36,37,38). The van der Waals surface area contributed by atoms with Crippen molar-refractivity contribution in [2.45, 2.75) is 44.1 Å². The minimum atomic E-state index is -3.11. The van der Waals surface area contributed by atoms with Crippen molar-refractivity contribution < 1.29 is 22.3 Å². The smallest absolute Gasteiger partial charge is 0.154 e. The Kier molecular flexibility index (Phi) is 9.43. The molecule has 2 aromatic carbocycles. The fourth-order valence-electron chi connectivity index (χ4n) is 4.71. The van der Waals surface area contributed by atoms with Crippen LogP contribution in [0.25, 0.3) is 10.9 Å². The van der Waals surface area contributed by atoms with Gasteiger partial charge >= 0.3 is 0 Å². The first-order valence-corrected chi connectivity index (χ1v) is 16.0. The van der Waals surface area contributed by atoms with Crippen molar-refractivity contribution in [3.63, 3.8) is 0 Å². The number of nitrogens with zero attached hydrogens (tertiary/aromatic N) is 3. The third kappa shape index (κ3) is 7.41. The molecule has 0 saturated carbocycles. The Morgan fingerprint density at radius 3 is 2.72 bits per heavy atom. The van der Waals surface area contributed by atoms with Gasteiger partial charge in [-0.25, -0.2) is 22.8 Å². The van der Waals surface area contributed by atoms with Gasteiger partial charge in [0.05, 0.1) is 39.7 Å². The van der Waals surface area contributed by atoms with E-state index in [-0.39, 0.29) is 18.2 Å². The van der Waals surface area contributed by atoms with Gasteiger partial charge in [-0.3, -0.25) is 4.98 Å². The van der Waals surface area contributed by atoms with Gasteiger partial charge in [0.1, 0.15) is 30.3 Å². The molecule has 9 nitrogen and oxygen atoms in total. The van der Waals surface area contributed by atoms with Crippen molar-refractivity contribution in [2.75, 3.05) is 24.2 Å². The summed E-state index contributed by atoms with van der Waals surface area (Å²) in [6, 6.07) is 13.4. The highest BCUT2D eigenvalue weighted by Gasteiger charge is 2.37. The highest BCUT2D eigenvalue weighted by atomic mass is 35.5. The van der Waals surface area contributed by atoms with Crippen molar-refractivity contribution in [1.82, 2.24) is 20.3 Å². The second-order valence-corrected chi connectivity index (χ2v) is 13.7. The fourth-order valence-corrected chi connectivity index (χ4v) is 5.85. The van der Waals surface area contributed by atoms with Gasteiger partial charge < -0.3 is 20.1 Å². The van der Waals surface area contributed by atoms with Gasteiger partial charge in [0.15, 0.2) is 15.4 Å². The van der Waals surface area contributed by atoms with Crippen LogP contribution < -0.4 is 15.4 Å². The van der Waals surface area contributed by atoms with Gasteiger partial charge in [-0.2, -0.15) is 0 Å². The van der Waals surface area contributed by atoms with Crippen molar-refractivity contribution in [2.24, 2.45) is 0 Å². The van der Waals surface area contributed by atoms with Crippen LogP contribution in [0.5, 0.6) is 5.75 Å². The Morgan fingerprint density at radius 2 is 1.98 bits per heavy atom. The summed E-state index contributed by atoms with van der Waals surface area (Å²) in [5, 5.41) is 7.29. The molecule has 2 aromatic heterocycles. The highest BCUT2D eigenvalue weighted by Crippen LogP contribution is 2.38. The van der Waals surface area contributed by atoms with E-state index in [2.05, 4.69) is 25.6 Å². The first-order chi connectivity index (χ1) is 20.6. The average Bonchev–Trinajstić information content (AvgIpc) is 3.46. The topological polar surface area (TPSA) is 115 Å². The lowest BCUT2D eigenvalue weighted by molar-refractivity contribution is 0.0288. The quantitative estimate of drug-likeness (QED) is 0.171. The third-order valence-electron chi connectivity index (χ3n) is 7.29. The van der Waals surface area contributed by atoms with Crippen LogP contribution in [0.2, 0.25) is 5.02 Å². The molecule has 0 radical (unpaired) electrons. The maximum absolute atomic E-state index is 13.5. The zero-order valence-electron chi connectivity index (χ0n) is 23.9. The van der Waals surface area contributed by atoms with E-state index in [1.165, 1.54) is 18.5 Å². The van der Waals surface area contributed by atoms with E-state index in [1.807, 2.05) is 18.2 Å². The molecule has 1 aliphatic heterocycles. The maximum atomic E-state index is 13.5. The number of sulfone groups is 1. The molecule has 0 spiro atoms. The number of benzene rings is 2. The van der Waals surface area contributed by atoms with Crippen LogP contribution in [0.4, 0.5) is 15.9 Å². The Bertz CT molecular complexity index is 1730. The molecule has 0 saturated heterocycles. The molecule has 0 fully saturated rings. The van der Waals surface area contributed by atoms with Crippen LogP contribution in [-0.2, 0) is 26.8 Å². The van der Waals surface area contributed by atoms with Gasteiger partial charge in [0.2, 0.25) is 0 Å². The second kappa shape index (κ2) is 13.2. The third-order valence-corrected chi connectivity index (χ3v) is 9.80. The van der Waals surface area contributed by atoms with Gasteiger partial charge in [-0.1, -0.05) is 23.7 Å². The van der Waals surface area contributed by atoms with Crippen LogP contribution >= 0.6 is 11.6 Å². The van der Waals surface area contributed by atoms with Gasteiger partial charge in [0, 0.05) is 30.5 Å². The number of aromatic nitrogens is 3. The van der Waals surface area contributed by atoms with Crippen LogP contribution in [0.15, 0.2) is 73.4 Å². The summed E-state index contributed by atoms with van der Waals surface area (Å²) in [7, 11) is -3.11. The Morgan fingerprint density at radius 1 is 1.12 bits per heavy atom. The van der Waals surface area contributed by atoms with E-state index in [0.29, 0.717) is 59.3 Å². The molecule has 1 aliphatic rings. The normalized spacial score (nSPS) is 16.5. The molecule has 5 rings (SSSR count). The SMILES string of the molecule is CC(C)S(=O)(=O)CCNCCC1(c2cc3c(Nc4ccc(OCc5cccc(F)c5)c(Cl)c4)ncnc3cn2)CC=CO1. The van der Waals surface area contributed by atoms with Crippen molar-refractivity contribution >= 4 is 43.8 Å². The Hall–Kier alpha value is -3.80. The van der Waals surface area contributed by atoms with E-state index in [9.17, 15) is 12.8 Å². The minimum absolute atomic E-state index is 0.0848. The first kappa shape index (κ1) is 30.7. The summed E-state index contributed by atoms with van der Waals surface area (Å²) < 4.78 is 49.6. The number of nitrogens with one attached hydrogen (secondary N) is 2. The molecule has 43 heavy (non-hydrogen) atoms. The number of ether oxygens (including phenoxy) is 2. The summed E-state index contributed by atoms with van der Waals surface area (Å²) in [4.78, 5) is 13.5. The number of halogens is 2. The van der Waals surface area contributed by atoms with Crippen LogP contribution in [0.3, 0.4) is 0 Å². The predicted octanol–water partition coefficient (Wildman–Crippen LogP) is 6.07. The molecule has 0 amide bonds. The zero-order chi connectivity index (χ0) is 30.5. The van der Waals surface area contributed by atoms with E-state index in [4.69, 9.17) is 21.1 Å². The summed E-state index contributed by atoms with van der Waals surface area (Å²) in [6.45, 7) is 4.49.